The van der Waals surface area contributed by atoms with Crippen LogP contribution >= 0.6 is 0 Å². The molecule has 0 fully saturated rings. The van der Waals surface area contributed by atoms with Gasteiger partial charge in [-0.1, -0.05) is 11.8 Å². The van der Waals surface area contributed by atoms with Crippen molar-refractivity contribution < 1.29 is 13.5 Å². The van der Waals surface area contributed by atoms with Crippen LogP contribution in [0.3, 0.4) is 0 Å². The number of aryl methyl sites for hydroxylation is 1. The Morgan fingerprint density at radius 3 is 2.65 bits per heavy atom. The maximum Gasteiger partial charge on any atom is 0.229 e. The van der Waals surface area contributed by atoms with Crippen LogP contribution in [-0.4, -0.2) is 26.4 Å². The van der Waals surface area contributed by atoms with Gasteiger partial charge in [-0.3, -0.25) is 4.72 Å². The molecule has 0 unspecified atom stereocenters. The Hall–Kier alpha value is -1.51. The summed E-state index contributed by atoms with van der Waals surface area (Å²) in [6.45, 7) is 1.90. The topological polar surface area (TPSA) is 66.4 Å². The number of hydrogen-bond donors (Lipinski definition) is 2. The SMILES string of the molecule is Cc1cc(NS(C)(=O)=O)ccc1C#CCCO. The van der Waals surface area contributed by atoms with Gasteiger partial charge in [-0.05, 0) is 30.7 Å². The van der Waals surface area contributed by atoms with E-state index in [2.05, 4.69) is 16.6 Å². The second kappa shape index (κ2) is 5.71. The third-order valence-electron chi connectivity index (χ3n) is 1.99. The highest BCUT2D eigenvalue weighted by atomic mass is 32.2. The maximum absolute atomic E-state index is 11.0. The Morgan fingerprint density at radius 2 is 2.12 bits per heavy atom. The standard InChI is InChI=1S/C12H15NO3S/c1-10-9-12(13-17(2,15)16)7-6-11(10)5-3-4-8-14/h6-7,9,13-14H,4,8H2,1-2H3. The molecule has 0 atom stereocenters. The summed E-state index contributed by atoms with van der Waals surface area (Å²) in [5, 5.41) is 8.61. The Bertz CT molecular complexity index is 553. The van der Waals surface area contributed by atoms with E-state index < -0.39 is 10.0 Å². The van der Waals surface area contributed by atoms with Gasteiger partial charge in [0.05, 0.1) is 12.9 Å². The zero-order valence-electron chi connectivity index (χ0n) is 9.82. The van der Waals surface area contributed by atoms with Crippen LogP contribution < -0.4 is 4.72 Å². The number of aliphatic hydroxyl groups is 1. The molecule has 1 aromatic rings. The summed E-state index contributed by atoms with van der Waals surface area (Å²) in [4.78, 5) is 0. The maximum atomic E-state index is 11.0. The van der Waals surface area contributed by atoms with Crippen LogP contribution in [0.4, 0.5) is 5.69 Å². The molecule has 0 radical (unpaired) electrons. The summed E-state index contributed by atoms with van der Waals surface area (Å²) < 4.78 is 24.5. The minimum absolute atomic E-state index is 0.0414. The van der Waals surface area contributed by atoms with Gasteiger partial charge in [-0.15, -0.1) is 0 Å². The summed E-state index contributed by atoms with van der Waals surface area (Å²) in [5.74, 6) is 5.74. The second-order valence-electron chi connectivity index (χ2n) is 3.68. The fourth-order valence-electron chi connectivity index (χ4n) is 1.30. The van der Waals surface area contributed by atoms with Crippen LogP contribution in [-0.2, 0) is 10.0 Å². The first-order valence-corrected chi connectivity index (χ1v) is 6.99. The van der Waals surface area contributed by atoms with E-state index in [0.717, 1.165) is 17.4 Å². The van der Waals surface area contributed by atoms with Crippen molar-refractivity contribution in [2.24, 2.45) is 0 Å². The lowest BCUT2D eigenvalue weighted by Gasteiger charge is -2.05. The van der Waals surface area contributed by atoms with Crippen molar-refractivity contribution in [2.75, 3.05) is 17.6 Å². The Morgan fingerprint density at radius 1 is 1.41 bits per heavy atom. The lowest BCUT2D eigenvalue weighted by Crippen LogP contribution is -2.09. The highest BCUT2D eigenvalue weighted by Gasteiger charge is 2.03. The molecule has 0 aliphatic heterocycles. The summed E-state index contributed by atoms with van der Waals surface area (Å²) in [6.07, 6.45) is 1.54. The van der Waals surface area contributed by atoms with Gasteiger partial charge in [-0.25, -0.2) is 8.42 Å². The van der Waals surface area contributed by atoms with Crippen molar-refractivity contribution in [1.82, 2.24) is 0 Å². The number of nitrogens with one attached hydrogen (secondary N) is 1. The molecule has 0 spiro atoms. The average molecular weight is 253 g/mol. The third-order valence-corrected chi connectivity index (χ3v) is 2.60. The molecule has 0 amide bonds. The molecule has 1 rings (SSSR count). The summed E-state index contributed by atoms with van der Waals surface area (Å²) in [6, 6.07) is 5.15. The Balaban J connectivity index is 2.91. The molecule has 0 aliphatic carbocycles. The van der Waals surface area contributed by atoms with E-state index in [4.69, 9.17) is 5.11 Å². The molecular weight excluding hydrogens is 238 g/mol. The van der Waals surface area contributed by atoms with Crippen molar-refractivity contribution in [3.63, 3.8) is 0 Å². The van der Waals surface area contributed by atoms with Crippen LogP contribution in [0.5, 0.6) is 0 Å². The van der Waals surface area contributed by atoms with Crippen molar-refractivity contribution in [3.8, 4) is 11.8 Å². The normalized spacial score (nSPS) is 10.5. The Labute approximate surface area is 102 Å². The van der Waals surface area contributed by atoms with Crippen LogP contribution in [0.1, 0.15) is 17.5 Å². The zero-order valence-corrected chi connectivity index (χ0v) is 10.6. The first-order chi connectivity index (χ1) is 7.92. The van der Waals surface area contributed by atoms with Crippen molar-refractivity contribution >= 4 is 15.7 Å². The van der Waals surface area contributed by atoms with Gasteiger partial charge in [-0.2, -0.15) is 0 Å². The predicted molar refractivity (Wildman–Crippen MR) is 68.2 cm³/mol. The van der Waals surface area contributed by atoms with E-state index >= 15 is 0 Å². The molecule has 2 N–H and O–H groups in total. The van der Waals surface area contributed by atoms with E-state index in [1.165, 1.54) is 0 Å². The highest BCUT2D eigenvalue weighted by molar-refractivity contribution is 7.92. The zero-order chi connectivity index (χ0) is 12.9. The molecule has 4 nitrogen and oxygen atoms in total. The van der Waals surface area contributed by atoms with E-state index in [1.54, 1.807) is 18.2 Å². The van der Waals surface area contributed by atoms with Crippen LogP contribution in [0, 0.1) is 18.8 Å². The quantitative estimate of drug-likeness (QED) is 0.793. The molecule has 17 heavy (non-hydrogen) atoms. The fraction of sp³-hybridized carbons (Fsp3) is 0.333. The lowest BCUT2D eigenvalue weighted by atomic mass is 10.1. The number of hydrogen-bond acceptors (Lipinski definition) is 3. The van der Waals surface area contributed by atoms with Crippen molar-refractivity contribution in [1.29, 1.82) is 0 Å². The number of benzene rings is 1. The van der Waals surface area contributed by atoms with Gasteiger partial charge in [0.2, 0.25) is 10.0 Å². The summed E-state index contributed by atoms with van der Waals surface area (Å²) >= 11 is 0. The molecule has 5 heteroatoms. The number of sulfonamides is 1. The van der Waals surface area contributed by atoms with Crippen LogP contribution in [0.2, 0.25) is 0 Å². The van der Waals surface area contributed by atoms with E-state index in [0.29, 0.717) is 12.1 Å². The molecule has 0 heterocycles. The largest absolute Gasteiger partial charge is 0.395 e. The predicted octanol–water partition coefficient (Wildman–Crippen LogP) is 1.10. The smallest absolute Gasteiger partial charge is 0.229 e. The third kappa shape index (κ3) is 4.89. The van der Waals surface area contributed by atoms with E-state index in [-0.39, 0.29) is 6.61 Å². The summed E-state index contributed by atoms with van der Waals surface area (Å²) in [7, 11) is -3.25. The minimum Gasteiger partial charge on any atom is -0.395 e. The summed E-state index contributed by atoms with van der Waals surface area (Å²) in [5.41, 5.74) is 2.25. The first-order valence-electron chi connectivity index (χ1n) is 5.10. The average Bonchev–Trinajstić information content (AvgIpc) is 2.19. The molecule has 0 aromatic heterocycles. The fourth-order valence-corrected chi connectivity index (χ4v) is 1.85. The second-order valence-corrected chi connectivity index (χ2v) is 5.43. The number of anilines is 1. The molecule has 0 bridgehead atoms. The molecule has 92 valence electrons. The number of aliphatic hydroxyl groups excluding tert-OH is 1. The molecule has 0 saturated carbocycles. The Kier molecular flexibility index (Phi) is 4.55. The van der Waals surface area contributed by atoms with Gasteiger partial charge in [0.1, 0.15) is 0 Å². The van der Waals surface area contributed by atoms with Crippen molar-refractivity contribution in [2.45, 2.75) is 13.3 Å². The van der Waals surface area contributed by atoms with Gasteiger partial charge in [0, 0.05) is 17.7 Å². The van der Waals surface area contributed by atoms with Crippen molar-refractivity contribution in [3.05, 3.63) is 29.3 Å². The van der Waals surface area contributed by atoms with E-state index in [9.17, 15) is 8.42 Å². The van der Waals surface area contributed by atoms with E-state index in [1.807, 2.05) is 6.92 Å². The monoisotopic (exact) mass is 253 g/mol. The number of rotatable bonds is 3. The van der Waals surface area contributed by atoms with Crippen LogP contribution in [0.25, 0.3) is 0 Å². The highest BCUT2D eigenvalue weighted by Crippen LogP contribution is 2.15. The lowest BCUT2D eigenvalue weighted by molar-refractivity contribution is 0.305. The van der Waals surface area contributed by atoms with Crippen LogP contribution in [0.15, 0.2) is 18.2 Å². The molecule has 1 aromatic carbocycles. The molecule has 0 aliphatic rings. The van der Waals surface area contributed by atoms with Gasteiger partial charge >= 0.3 is 0 Å². The first kappa shape index (κ1) is 13.6. The minimum atomic E-state index is -3.25. The van der Waals surface area contributed by atoms with Gasteiger partial charge < -0.3 is 5.11 Å². The van der Waals surface area contributed by atoms with Gasteiger partial charge in [0.25, 0.3) is 0 Å². The molecule has 0 saturated heterocycles. The van der Waals surface area contributed by atoms with Gasteiger partial charge in [0.15, 0.2) is 0 Å². The molecular formula is C12H15NO3S.